The van der Waals surface area contributed by atoms with Crippen LogP contribution in [-0.4, -0.2) is 12.2 Å². The molecule has 86 valence electrons. The standard InChI is InChI=1S/C12H8BrNO3/c13-11-7-6-10(16-11)8-14-17-12(15)9-4-2-1-3-5-9/h1-8H/b14-8-. The van der Waals surface area contributed by atoms with Crippen molar-refractivity contribution in [3.05, 3.63) is 58.5 Å². The van der Waals surface area contributed by atoms with Crippen molar-refractivity contribution >= 4 is 28.1 Å². The molecule has 1 aromatic carbocycles. The van der Waals surface area contributed by atoms with E-state index in [1.807, 2.05) is 6.07 Å². The monoisotopic (exact) mass is 293 g/mol. The third kappa shape index (κ3) is 3.29. The third-order valence-corrected chi connectivity index (χ3v) is 2.35. The van der Waals surface area contributed by atoms with E-state index in [1.54, 1.807) is 36.4 Å². The van der Waals surface area contributed by atoms with Crippen LogP contribution in [0.3, 0.4) is 0 Å². The Hall–Kier alpha value is -1.88. The molecule has 0 atom stereocenters. The third-order valence-electron chi connectivity index (χ3n) is 1.92. The van der Waals surface area contributed by atoms with Crippen molar-refractivity contribution in [2.75, 3.05) is 0 Å². The van der Waals surface area contributed by atoms with Crippen molar-refractivity contribution in [1.82, 2.24) is 0 Å². The highest BCUT2D eigenvalue weighted by Gasteiger charge is 2.04. The van der Waals surface area contributed by atoms with Crippen LogP contribution in [0.15, 0.2) is 56.7 Å². The van der Waals surface area contributed by atoms with Gasteiger partial charge in [0.1, 0.15) is 12.0 Å². The van der Waals surface area contributed by atoms with E-state index in [2.05, 4.69) is 21.1 Å². The van der Waals surface area contributed by atoms with Crippen LogP contribution in [0.4, 0.5) is 0 Å². The Balaban J connectivity index is 1.95. The molecule has 2 aromatic rings. The Labute approximate surface area is 106 Å². The molecule has 0 aliphatic rings. The molecular weight excluding hydrogens is 286 g/mol. The van der Waals surface area contributed by atoms with Crippen molar-refractivity contribution in [2.24, 2.45) is 5.16 Å². The number of furan rings is 1. The predicted molar refractivity (Wildman–Crippen MR) is 65.9 cm³/mol. The fraction of sp³-hybridized carbons (Fsp3) is 0. The van der Waals surface area contributed by atoms with Gasteiger partial charge in [0.25, 0.3) is 0 Å². The van der Waals surface area contributed by atoms with E-state index in [4.69, 9.17) is 9.25 Å². The van der Waals surface area contributed by atoms with Crippen molar-refractivity contribution in [3.63, 3.8) is 0 Å². The average Bonchev–Trinajstić information content (AvgIpc) is 2.76. The number of benzene rings is 1. The van der Waals surface area contributed by atoms with Crippen LogP contribution >= 0.6 is 15.9 Å². The molecule has 17 heavy (non-hydrogen) atoms. The van der Waals surface area contributed by atoms with Gasteiger partial charge in [-0.2, -0.15) is 0 Å². The van der Waals surface area contributed by atoms with Crippen molar-refractivity contribution < 1.29 is 14.0 Å². The van der Waals surface area contributed by atoms with E-state index < -0.39 is 5.97 Å². The molecule has 0 saturated carbocycles. The smallest absolute Gasteiger partial charge is 0.365 e. The molecule has 1 heterocycles. The van der Waals surface area contributed by atoms with Crippen LogP contribution < -0.4 is 0 Å². The molecule has 0 aliphatic carbocycles. The molecule has 0 unspecified atom stereocenters. The highest BCUT2D eigenvalue weighted by atomic mass is 79.9. The molecule has 0 fully saturated rings. The van der Waals surface area contributed by atoms with E-state index in [-0.39, 0.29) is 0 Å². The summed E-state index contributed by atoms with van der Waals surface area (Å²) in [5.41, 5.74) is 0.449. The van der Waals surface area contributed by atoms with Crippen LogP contribution in [0.2, 0.25) is 0 Å². The molecule has 0 saturated heterocycles. The fourth-order valence-electron chi connectivity index (χ4n) is 1.15. The maximum absolute atomic E-state index is 11.5. The van der Waals surface area contributed by atoms with Crippen molar-refractivity contribution in [2.45, 2.75) is 0 Å². The summed E-state index contributed by atoms with van der Waals surface area (Å²) in [7, 11) is 0. The first-order valence-electron chi connectivity index (χ1n) is 4.81. The summed E-state index contributed by atoms with van der Waals surface area (Å²) in [6, 6.07) is 12.1. The zero-order valence-corrected chi connectivity index (χ0v) is 10.3. The second-order valence-electron chi connectivity index (χ2n) is 3.12. The van der Waals surface area contributed by atoms with Gasteiger partial charge in [-0.15, -0.1) is 0 Å². The van der Waals surface area contributed by atoms with E-state index in [0.29, 0.717) is 16.0 Å². The van der Waals surface area contributed by atoms with E-state index in [9.17, 15) is 4.79 Å². The zero-order valence-electron chi connectivity index (χ0n) is 8.67. The quantitative estimate of drug-likeness (QED) is 0.496. The van der Waals surface area contributed by atoms with Crippen LogP contribution in [0.1, 0.15) is 16.1 Å². The molecule has 4 nitrogen and oxygen atoms in total. The SMILES string of the molecule is O=C(O/N=C\c1ccc(Br)o1)c1ccccc1. The highest BCUT2D eigenvalue weighted by Crippen LogP contribution is 2.12. The topological polar surface area (TPSA) is 51.8 Å². The van der Waals surface area contributed by atoms with Crippen molar-refractivity contribution in [3.8, 4) is 0 Å². The van der Waals surface area contributed by atoms with Gasteiger partial charge in [0, 0.05) is 0 Å². The van der Waals surface area contributed by atoms with Gasteiger partial charge in [0.2, 0.25) is 0 Å². The van der Waals surface area contributed by atoms with Crippen LogP contribution in [-0.2, 0) is 4.84 Å². The number of nitrogens with zero attached hydrogens (tertiary/aromatic N) is 1. The Bertz CT molecular complexity index is 534. The first-order valence-corrected chi connectivity index (χ1v) is 5.60. The van der Waals surface area contributed by atoms with Gasteiger partial charge < -0.3 is 9.25 Å². The maximum Gasteiger partial charge on any atom is 0.365 e. The first-order chi connectivity index (χ1) is 8.25. The summed E-state index contributed by atoms with van der Waals surface area (Å²) in [6.45, 7) is 0. The van der Waals surface area contributed by atoms with Gasteiger partial charge in [0.15, 0.2) is 4.67 Å². The molecule has 0 aliphatic heterocycles. The molecule has 0 bridgehead atoms. The second kappa shape index (κ2) is 5.45. The lowest BCUT2D eigenvalue weighted by molar-refractivity contribution is 0.0519. The average molecular weight is 294 g/mol. The Morgan fingerprint density at radius 2 is 2.00 bits per heavy atom. The van der Waals surface area contributed by atoms with Gasteiger partial charge in [-0.05, 0) is 40.2 Å². The van der Waals surface area contributed by atoms with Gasteiger partial charge in [0.05, 0.1) is 5.56 Å². The van der Waals surface area contributed by atoms with Gasteiger partial charge in [-0.25, -0.2) is 4.79 Å². The maximum atomic E-state index is 11.5. The molecule has 0 amide bonds. The number of hydrogen-bond acceptors (Lipinski definition) is 4. The number of carbonyl (C=O) groups excluding carboxylic acids is 1. The van der Waals surface area contributed by atoms with Gasteiger partial charge >= 0.3 is 5.97 Å². The predicted octanol–water partition coefficient (Wildman–Crippen LogP) is 3.23. The molecule has 5 heteroatoms. The number of carbonyl (C=O) groups is 1. The normalized spacial score (nSPS) is 10.6. The van der Waals surface area contributed by atoms with E-state index in [1.165, 1.54) is 6.21 Å². The molecular formula is C12H8BrNO3. The minimum atomic E-state index is -0.507. The minimum Gasteiger partial charge on any atom is -0.448 e. The van der Waals surface area contributed by atoms with E-state index in [0.717, 1.165) is 0 Å². The fourth-order valence-corrected chi connectivity index (χ4v) is 1.47. The van der Waals surface area contributed by atoms with Crippen LogP contribution in [0, 0.1) is 0 Å². The molecule has 1 aromatic heterocycles. The second-order valence-corrected chi connectivity index (χ2v) is 3.90. The first kappa shape index (κ1) is 11.6. The summed E-state index contributed by atoms with van der Waals surface area (Å²) >= 11 is 3.15. The molecule has 0 spiro atoms. The van der Waals surface area contributed by atoms with Gasteiger partial charge in [-0.3, -0.25) is 0 Å². The Kier molecular flexibility index (Phi) is 3.72. The summed E-state index contributed by atoms with van der Waals surface area (Å²) in [6.07, 6.45) is 1.33. The molecule has 0 N–H and O–H groups in total. The molecule has 0 radical (unpaired) electrons. The van der Waals surface area contributed by atoms with E-state index >= 15 is 0 Å². The Morgan fingerprint density at radius 3 is 2.65 bits per heavy atom. The van der Waals surface area contributed by atoms with Gasteiger partial charge in [-0.1, -0.05) is 23.4 Å². The largest absolute Gasteiger partial charge is 0.448 e. The summed E-state index contributed by atoms with van der Waals surface area (Å²) < 4.78 is 5.74. The number of oxime groups is 1. The minimum absolute atomic E-state index is 0.449. The summed E-state index contributed by atoms with van der Waals surface area (Å²) in [5, 5.41) is 3.54. The van der Waals surface area contributed by atoms with Crippen molar-refractivity contribution in [1.29, 1.82) is 0 Å². The summed E-state index contributed by atoms with van der Waals surface area (Å²) in [5.74, 6) is -0.00907. The zero-order chi connectivity index (χ0) is 12.1. The van der Waals surface area contributed by atoms with Crippen LogP contribution in [0.5, 0.6) is 0 Å². The lowest BCUT2D eigenvalue weighted by atomic mass is 10.2. The summed E-state index contributed by atoms with van der Waals surface area (Å²) in [4.78, 5) is 16.2. The lowest BCUT2D eigenvalue weighted by Crippen LogP contribution is -2.00. The molecule has 2 rings (SSSR count). The highest BCUT2D eigenvalue weighted by molar-refractivity contribution is 9.10. The lowest BCUT2D eigenvalue weighted by Gasteiger charge is -1.95. The number of rotatable bonds is 3. The Morgan fingerprint density at radius 1 is 1.24 bits per heavy atom. The number of halogens is 1. The number of hydrogen-bond donors (Lipinski definition) is 0. The van der Waals surface area contributed by atoms with Crippen LogP contribution in [0.25, 0.3) is 0 Å².